The zero-order valence-corrected chi connectivity index (χ0v) is 11.6. The lowest BCUT2D eigenvalue weighted by molar-refractivity contribution is -0.129. The number of carbonyl (C=O) groups excluding carboxylic acids is 1. The molecule has 1 aliphatic rings. The van der Waals surface area contributed by atoms with E-state index in [9.17, 15) is 4.79 Å². The van der Waals surface area contributed by atoms with Crippen LogP contribution >= 0.6 is 0 Å². The summed E-state index contributed by atoms with van der Waals surface area (Å²) in [6.07, 6.45) is 1.56. The first-order valence-electron chi connectivity index (χ1n) is 6.87. The van der Waals surface area contributed by atoms with E-state index in [0.29, 0.717) is 23.8 Å². The third-order valence-electron chi connectivity index (χ3n) is 3.96. The quantitative estimate of drug-likeness (QED) is 0.834. The molecule has 1 heterocycles. The van der Waals surface area contributed by atoms with Gasteiger partial charge in [-0.2, -0.15) is 5.26 Å². The van der Waals surface area contributed by atoms with Crippen molar-refractivity contribution in [3.8, 4) is 6.07 Å². The Morgan fingerprint density at radius 1 is 1.42 bits per heavy atom. The summed E-state index contributed by atoms with van der Waals surface area (Å²) in [4.78, 5) is 14.2. The molecule has 1 aromatic rings. The van der Waals surface area contributed by atoms with E-state index in [-0.39, 0.29) is 5.91 Å². The van der Waals surface area contributed by atoms with Crippen LogP contribution in [0.2, 0.25) is 0 Å². The number of nitrogens with zero attached hydrogens (tertiary/aromatic N) is 2. The molecule has 1 amide bonds. The summed E-state index contributed by atoms with van der Waals surface area (Å²) >= 11 is 0. The van der Waals surface area contributed by atoms with Gasteiger partial charge >= 0.3 is 0 Å². The summed E-state index contributed by atoms with van der Waals surface area (Å²) < 4.78 is 0. The smallest absolute Gasteiger partial charge is 0.226 e. The number of rotatable bonds is 3. The minimum atomic E-state index is 0.202. The summed E-state index contributed by atoms with van der Waals surface area (Å²) in [5.74, 6) is 1.49. The minimum absolute atomic E-state index is 0.202. The molecule has 0 bridgehead atoms. The summed E-state index contributed by atoms with van der Waals surface area (Å²) in [6.45, 7) is 6.23. The molecule has 1 atom stereocenters. The number of hydrogen-bond acceptors (Lipinski definition) is 2. The lowest BCUT2D eigenvalue weighted by atomic mass is 9.95. The molecule has 3 nitrogen and oxygen atoms in total. The Labute approximate surface area is 114 Å². The van der Waals surface area contributed by atoms with Gasteiger partial charge in [-0.3, -0.25) is 4.79 Å². The molecule has 0 unspecified atom stereocenters. The first kappa shape index (κ1) is 13.6. The second-order valence-corrected chi connectivity index (χ2v) is 5.62. The van der Waals surface area contributed by atoms with E-state index in [0.717, 1.165) is 25.1 Å². The van der Waals surface area contributed by atoms with Crippen molar-refractivity contribution in [1.29, 1.82) is 5.26 Å². The Bertz CT molecular complexity index is 484. The van der Waals surface area contributed by atoms with Crippen LogP contribution in [0.5, 0.6) is 0 Å². The molecule has 1 fully saturated rings. The van der Waals surface area contributed by atoms with Gasteiger partial charge in [0.2, 0.25) is 5.91 Å². The SMILES string of the molecule is CC(C)[C@@H]1CCN(C(=O)Cc2ccc(C#N)cc2)C1. The maximum Gasteiger partial charge on any atom is 0.226 e. The highest BCUT2D eigenvalue weighted by molar-refractivity contribution is 5.79. The highest BCUT2D eigenvalue weighted by Crippen LogP contribution is 2.24. The van der Waals surface area contributed by atoms with E-state index in [2.05, 4.69) is 19.9 Å². The summed E-state index contributed by atoms with van der Waals surface area (Å²) in [5, 5.41) is 8.74. The summed E-state index contributed by atoms with van der Waals surface area (Å²) in [6, 6.07) is 9.36. The molecule has 0 aromatic heterocycles. The van der Waals surface area contributed by atoms with E-state index in [1.807, 2.05) is 17.0 Å². The Morgan fingerprint density at radius 3 is 2.63 bits per heavy atom. The zero-order valence-electron chi connectivity index (χ0n) is 11.6. The van der Waals surface area contributed by atoms with Gasteiger partial charge in [-0.1, -0.05) is 26.0 Å². The highest BCUT2D eigenvalue weighted by atomic mass is 16.2. The van der Waals surface area contributed by atoms with Gasteiger partial charge < -0.3 is 4.90 Å². The van der Waals surface area contributed by atoms with E-state index >= 15 is 0 Å². The van der Waals surface area contributed by atoms with Crippen molar-refractivity contribution < 1.29 is 4.79 Å². The number of carbonyl (C=O) groups is 1. The number of nitriles is 1. The second-order valence-electron chi connectivity index (χ2n) is 5.62. The molecule has 1 aromatic carbocycles. The van der Waals surface area contributed by atoms with Crippen LogP contribution < -0.4 is 0 Å². The fraction of sp³-hybridized carbons (Fsp3) is 0.500. The minimum Gasteiger partial charge on any atom is -0.342 e. The van der Waals surface area contributed by atoms with Gasteiger partial charge in [0.1, 0.15) is 0 Å². The molecule has 1 aliphatic heterocycles. The average molecular weight is 256 g/mol. The maximum atomic E-state index is 12.2. The molecule has 19 heavy (non-hydrogen) atoms. The molecule has 0 N–H and O–H groups in total. The number of hydrogen-bond donors (Lipinski definition) is 0. The Morgan fingerprint density at radius 2 is 2.11 bits per heavy atom. The number of benzene rings is 1. The van der Waals surface area contributed by atoms with Crippen LogP contribution in [-0.2, 0) is 11.2 Å². The number of likely N-dealkylation sites (tertiary alicyclic amines) is 1. The van der Waals surface area contributed by atoms with Crippen molar-refractivity contribution in [2.24, 2.45) is 11.8 Å². The van der Waals surface area contributed by atoms with Crippen LogP contribution in [-0.4, -0.2) is 23.9 Å². The maximum absolute atomic E-state index is 12.2. The molecule has 100 valence electrons. The molecule has 0 radical (unpaired) electrons. The topological polar surface area (TPSA) is 44.1 Å². The highest BCUT2D eigenvalue weighted by Gasteiger charge is 2.27. The summed E-state index contributed by atoms with van der Waals surface area (Å²) in [7, 11) is 0. The van der Waals surface area contributed by atoms with E-state index in [1.54, 1.807) is 12.1 Å². The van der Waals surface area contributed by atoms with Crippen LogP contribution in [0.15, 0.2) is 24.3 Å². The average Bonchev–Trinajstić information content (AvgIpc) is 2.89. The first-order chi connectivity index (χ1) is 9.10. The molecular formula is C16H20N2O. The van der Waals surface area contributed by atoms with E-state index in [4.69, 9.17) is 5.26 Å². The van der Waals surface area contributed by atoms with Crippen molar-refractivity contribution in [3.63, 3.8) is 0 Å². The zero-order chi connectivity index (χ0) is 13.8. The Balaban J connectivity index is 1.92. The van der Waals surface area contributed by atoms with Crippen LogP contribution in [0.4, 0.5) is 0 Å². The van der Waals surface area contributed by atoms with Crippen molar-refractivity contribution >= 4 is 5.91 Å². The lowest BCUT2D eigenvalue weighted by Gasteiger charge is -2.18. The molecule has 0 aliphatic carbocycles. The molecule has 1 saturated heterocycles. The standard InChI is InChI=1S/C16H20N2O/c1-12(2)15-7-8-18(11-15)16(19)9-13-3-5-14(10-17)6-4-13/h3-6,12,15H,7-9,11H2,1-2H3/t15-/m1/s1. The predicted octanol–water partition coefficient (Wildman–Crippen LogP) is 2.61. The molecule has 2 rings (SSSR count). The molecule has 0 saturated carbocycles. The monoisotopic (exact) mass is 256 g/mol. The molecule has 3 heteroatoms. The van der Waals surface area contributed by atoms with Gasteiger partial charge in [0.25, 0.3) is 0 Å². The molecule has 0 spiro atoms. The lowest BCUT2D eigenvalue weighted by Crippen LogP contribution is -2.30. The Hall–Kier alpha value is -1.82. The predicted molar refractivity (Wildman–Crippen MR) is 74.4 cm³/mol. The van der Waals surface area contributed by atoms with Crippen LogP contribution in [0.1, 0.15) is 31.4 Å². The van der Waals surface area contributed by atoms with Gasteiger partial charge in [-0.05, 0) is 36.0 Å². The van der Waals surface area contributed by atoms with Gasteiger partial charge in [0.15, 0.2) is 0 Å². The normalized spacial score (nSPS) is 18.6. The van der Waals surface area contributed by atoms with Crippen molar-refractivity contribution in [1.82, 2.24) is 4.90 Å². The van der Waals surface area contributed by atoms with Gasteiger partial charge in [-0.15, -0.1) is 0 Å². The van der Waals surface area contributed by atoms with Crippen LogP contribution in [0, 0.1) is 23.2 Å². The fourth-order valence-electron chi connectivity index (χ4n) is 2.54. The van der Waals surface area contributed by atoms with Crippen molar-refractivity contribution in [3.05, 3.63) is 35.4 Å². The van der Waals surface area contributed by atoms with Crippen LogP contribution in [0.3, 0.4) is 0 Å². The Kier molecular flexibility index (Phi) is 4.21. The third kappa shape index (κ3) is 3.35. The first-order valence-corrected chi connectivity index (χ1v) is 6.87. The number of amides is 1. The van der Waals surface area contributed by atoms with Gasteiger partial charge in [0.05, 0.1) is 18.1 Å². The fourth-order valence-corrected chi connectivity index (χ4v) is 2.54. The third-order valence-corrected chi connectivity index (χ3v) is 3.96. The van der Waals surface area contributed by atoms with Gasteiger partial charge in [-0.25, -0.2) is 0 Å². The van der Waals surface area contributed by atoms with Gasteiger partial charge in [0, 0.05) is 13.1 Å². The largest absolute Gasteiger partial charge is 0.342 e. The second kappa shape index (κ2) is 5.88. The molecular weight excluding hydrogens is 236 g/mol. The van der Waals surface area contributed by atoms with Crippen molar-refractivity contribution in [2.45, 2.75) is 26.7 Å². The van der Waals surface area contributed by atoms with E-state index in [1.165, 1.54) is 0 Å². The van der Waals surface area contributed by atoms with E-state index < -0.39 is 0 Å². The van der Waals surface area contributed by atoms with Crippen molar-refractivity contribution in [2.75, 3.05) is 13.1 Å². The van der Waals surface area contributed by atoms with Crippen LogP contribution in [0.25, 0.3) is 0 Å². The summed E-state index contributed by atoms with van der Waals surface area (Å²) in [5.41, 5.74) is 1.62.